The number of hydrogen-bond acceptors (Lipinski definition) is 9. The van der Waals surface area contributed by atoms with Crippen molar-refractivity contribution in [2.24, 2.45) is 5.73 Å². The van der Waals surface area contributed by atoms with Crippen molar-refractivity contribution in [3.63, 3.8) is 0 Å². The van der Waals surface area contributed by atoms with E-state index in [9.17, 15) is 0 Å². The van der Waals surface area contributed by atoms with E-state index in [-0.39, 0.29) is 6.04 Å². The zero-order chi connectivity index (χ0) is 14.8. The number of rotatable bonds is 4. The summed E-state index contributed by atoms with van der Waals surface area (Å²) in [6, 6.07) is 3.25. The predicted molar refractivity (Wildman–Crippen MR) is 75.6 cm³/mol. The summed E-state index contributed by atoms with van der Waals surface area (Å²) in [6.07, 6.45) is 0. The molecule has 0 aliphatic rings. The Labute approximate surface area is 124 Å². The van der Waals surface area contributed by atoms with E-state index < -0.39 is 0 Å². The molecule has 1 unspecified atom stereocenters. The maximum absolute atomic E-state index is 5.78. The number of thiazole rings is 1. The van der Waals surface area contributed by atoms with Crippen LogP contribution in [0.1, 0.15) is 18.0 Å². The summed E-state index contributed by atoms with van der Waals surface area (Å²) in [5.41, 5.74) is 6.88. The standard InChI is InChI=1S/C12H12N6O2S/c1-6(13)12-14-8(5-21-12)11-15-10(18-20-11)7-3-4-9(19-2)17-16-7/h3-6H,13H2,1-2H3. The minimum Gasteiger partial charge on any atom is -0.480 e. The van der Waals surface area contributed by atoms with E-state index in [1.165, 1.54) is 18.4 Å². The Balaban J connectivity index is 1.87. The number of hydrogen-bond donors (Lipinski definition) is 1. The Kier molecular flexibility index (Phi) is 3.59. The Morgan fingerprint density at radius 3 is 2.71 bits per heavy atom. The van der Waals surface area contributed by atoms with Gasteiger partial charge in [-0.15, -0.1) is 21.5 Å². The fraction of sp³-hybridized carbons (Fsp3) is 0.250. The van der Waals surface area contributed by atoms with Gasteiger partial charge in [0.25, 0.3) is 5.89 Å². The Morgan fingerprint density at radius 2 is 2.10 bits per heavy atom. The highest BCUT2D eigenvalue weighted by Gasteiger charge is 2.16. The third kappa shape index (κ3) is 2.73. The van der Waals surface area contributed by atoms with Crippen LogP contribution in [0.25, 0.3) is 23.1 Å². The quantitative estimate of drug-likeness (QED) is 0.774. The van der Waals surface area contributed by atoms with Crippen molar-refractivity contribution < 1.29 is 9.26 Å². The van der Waals surface area contributed by atoms with Crippen molar-refractivity contribution in [2.75, 3.05) is 7.11 Å². The molecule has 0 saturated heterocycles. The van der Waals surface area contributed by atoms with E-state index >= 15 is 0 Å². The number of ether oxygens (including phenoxy) is 1. The fourth-order valence-electron chi connectivity index (χ4n) is 1.57. The zero-order valence-electron chi connectivity index (χ0n) is 11.3. The third-order valence-corrected chi connectivity index (χ3v) is 3.68. The van der Waals surface area contributed by atoms with Gasteiger partial charge < -0.3 is 15.0 Å². The summed E-state index contributed by atoms with van der Waals surface area (Å²) < 4.78 is 10.1. The molecule has 0 aliphatic heterocycles. The third-order valence-electron chi connectivity index (χ3n) is 2.63. The van der Waals surface area contributed by atoms with Gasteiger partial charge in [-0.25, -0.2) is 4.98 Å². The molecular formula is C12H12N6O2S. The van der Waals surface area contributed by atoms with Gasteiger partial charge in [0.2, 0.25) is 11.7 Å². The summed E-state index contributed by atoms with van der Waals surface area (Å²) in [5, 5.41) is 14.3. The molecule has 3 heterocycles. The number of nitrogens with zero attached hydrogens (tertiary/aromatic N) is 5. The maximum atomic E-state index is 5.78. The number of methoxy groups -OCH3 is 1. The van der Waals surface area contributed by atoms with Gasteiger partial charge in [0.05, 0.1) is 13.2 Å². The summed E-state index contributed by atoms with van der Waals surface area (Å²) in [7, 11) is 1.52. The maximum Gasteiger partial charge on any atom is 0.277 e. The predicted octanol–water partition coefficient (Wildman–Crippen LogP) is 1.68. The van der Waals surface area contributed by atoms with E-state index in [1.807, 2.05) is 12.3 Å². The topological polar surface area (TPSA) is 113 Å². The molecule has 0 aliphatic carbocycles. The van der Waals surface area contributed by atoms with Crippen molar-refractivity contribution >= 4 is 11.3 Å². The van der Waals surface area contributed by atoms with Crippen LogP contribution in [-0.2, 0) is 0 Å². The van der Waals surface area contributed by atoms with Crippen LogP contribution >= 0.6 is 11.3 Å². The fourth-order valence-corrected chi connectivity index (χ4v) is 2.33. The highest BCUT2D eigenvalue weighted by atomic mass is 32.1. The average molecular weight is 304 g/mol. The van der Waals surface area contributed by atoms with E-state index in [1.54, 1.807) is 12.1 Å². The number of aromatic nitrogens is 5. The van der Waals surface area contributed by atoms with Crippen LogP contribution in [0.5, 0.6) is 5.88 Å². The normalized spacial score (nSPS) is 12.3. The molecule has 0 bridgehead atoms. The first-order valence-corrected chi connectivity index (χ1v) is 6.98. The molecule has 0 radical (unpaired) electrons. The van der Waals surface area contributed by atoms with Crippen LogP contribution in [0.3, 0.4) is 0 Å². The first-order valence-electron chi connectivity index (χ1n) is 6.10. The molecule has 0 saturated carbocycles. The van der Waals surface area contributed by atoms with Gasteiger partial charge >= 0.3 is 0 Å². The first-order chi connectivity index (χ1) is 10.2. The van der Waals surface area contributed by atoms with Crippen molar-refractivity contribution in [3.8, 4) is 29.0 Å². The smallest absolute Gasteiger partial charge is 0.277 e. The molecule has 8 nitrogen and oxygen atoms in total. The molecule has 3 rings (SSSR count). The minimum atomic E-state index is -0.126. The Morgan fingerprint density at radius 1 is 1.24 bits per heavy atom. The van der Waals surface area contributed by atoms with Crippen molar-refractivity contribution in [1.29, 1.82) is 0 Å². The Hall–Kier alpha value is -2.39. The van der Waals surface area contributed by atoms with Crippen molar-refractivity contribution in [1.82, 2.24) is 25.3 Å². The lowest BCUT2D eigenvalue weighted by Gasteiger charge is -1.96. The lowest BCUT2D eigenvalue weighted by molar-refractivity contribution is 0.392. The summed E-state index contributed by atoms with van der Waals surface area (Å²) in [4.78, 5) is 8.62. The average Bonchev–Trinajstić information content (AvgIpc) is 3.16. The largest absolute Gasteiger partial charge is 0.480 e. The molecule has 0 aromatic carbocycles. The van der Waals surface area contributed by atoms with Gasteiger partial charge in [-0.05, 0) is 13.0 Å². The monoisotopic (exact) mass is 304 g/mol. The summed E-state index contributed by atoms with van der Waals surface area (Å²) in [5.74, 6) is 1.09. The van der Waals surface area contributed by atoms with Crippen LogP contribution in [0.15, 0.2) is 22.0 Å². The lowest BCUT2D eigenvalue weighted by Crippen LogP contribution is -2.03. The van der Waals surface area contributed by atoms with E-state index in [2.05, 4.69) is 25.3 Å². The zero-order valence-corrected chi connectivity index (χ0v) is 12.2. The molecule has 0 spiro atoms. The van der Waals surface area contributed by atoms with Gasteiger partial charge in [0.1, 0.15) is 16.4 Å². The van der Waals surface area contributed by atoms with E-state index in [4.69, 9.17) is 15.0 Å². The second kappa shape index (κ2) is 5.54. The number of nitrogens with two attached hydrogens (primary N) is 1. The van der Waals surface area contributed by atoms with Crippen LogP contribution < -0.4 is 10.5 Å². The molecule has 2 N–H and O–H groups in total. The summed E-state index contributed by atoms with van der Waals surface area (Å²) in [6.45, 7) is 1.87. The SMILES string of the molecule is COc1ccc(-c2noc(-c3csc(C(C)N)n3)n2)nn1. The van der Waals surface area contributed by atoms with Crippen LogP contribution in [0, 0.1) is 0 Å². The highest BCUT2D eigenvalue weighted by Crippen LogP contribution is 2.25. The van der Waals surface area contributed by atoms with Gasteiger partial charge in [0.15, 0.2) is 0 Å². The second-order valence-electron chi connectivity index (χ2n) is 4.24. The van der Waals surface area contributed by atoms with Crippen molar-refractivity contribution in [2.45, 2.75) is 13.0 Å². The molecule has 21 heavy (non-hydrogen) atoms. The van der Waals surface area contributed by atoms with Gasteiger partial charge in [-0.2, -0.15) is 4.98 Å². The summed E-state index contributed by atoms with van der Waals surface area (Å²) >= 11 is 1.45. The van der Waals surface area contributed by atoms with Crippen LogP contribution in [0.4, 0.5) is 0 Å². The molecule has 0 fully saturated rings. The second-order valence-corrected chi connectivity index (χ2v) is 5.13. The molecule has 0 amide bonds. The lowest BCUT2D eigenvalue weighted by atomic mass is 10.3. The molecule has 3 aromatic rings. The van der Waals surface area contributed by atoms with Gasteiger partial charge in [0, 0.05) is 11.4 Å². The van der Waals surface area contributed by atoms with Crippen LogP contribution in [-0.4, -0.2) is 32.4 Å². The van der Waals surface area contributed by atoms with Gasteiger partial charge in [-0.3, -0.25) is 0 Å². The van der Waals surface area contributed by atoms with Crippen molar-refractivity contribution in [3.05, 3.63) is 22.5 Å². The molecule has 9 heteroatoms. The Bertz CT molecular complexity index is 736. The minimum absolute atomic E-state index is 0.126. The first kappa shape index (κ1) is 13.6. The van der Waals surface area contributed by atoms with E-state index in [0.717, 1.165) is 5.01 Å². The highest BCUT2D eigenvalue weighted by molar-refractivity contribution is 7.10. The van der Waals surface area contributed by atoms with Gasteiger partial charge in [-0.1, -0.05) is 5.16 Å². The molecule has 108 valence electrons. The van der Waals surface area contributed by atoms with E-state index in [0.29, 0.717) is 29.0 Å². The molecular weight excluding hydrogens is 292 g/mol. The molecule has 1 atom stereocenters. The molecule has 3 aromatic heterocycles. The van der Waals surface area contributed by atoms with Crippen LogP contribution in [0.2, 0.25) is 0 Å².